The van der Waals surface area contributed by atoms with Gasteiger partial charge >= 0.3 is 6.18 Å². The van der Waals surface area contributed by atoms with Crippen molar-refractivity contribution < 1.29 is 13.2 Å². The van der Waals surface area contributed by atoms with Crippen LogP contribution in [0.15, 0.2) is 0 Å². The standard InChI is InChI=1S/C9H17F3N2/c1-7(14-5-8(13)6-14)3-2-4-9(10,11)12/h7-8H,2-6,13H2,1H3. The van der Waals surface area contributed by atoms with Crippen molar-refractivity contribution in [3.63, 3.8) is 0 Å². The molecular weight excluding hydrogens is 193 g/mol. The third-order valence-electron chi connectivity index (χ3n) is 2.64. The van der Waals surface area contributed by atoms with Crippen molar-refractivity contribution in [1.82, 2.24) is 4.90 Å². The maximum absolute atomic E-state index is 11.8. The van der Waals surface area contributed by atoms with Crippen molar-refractivity contribution in [3.8, 4) is 0 Å². The molecule has 0 aromatic carbocycles. The highest BCUT2D eigenvalue weighted by Gasteiger charge is 2.29. The minimum atomic E-state index is -4.01. The Hall–Kier alpha value is -0.290. The largest absolute Gasteiger partial charge is 0.389 e. The molecule has 0 spiro atoms. The molecule has 1 rings (SSSR count). The minimum Gasteiger partial charge on any atom is -0.325 e. The lowest BCUT2D eigenvalue weighted by Gasteiger charge is -2.41. The number of rotatable bonds is 4. The van der Waals surface area contributed by atoms with Gasteiger partial charge in [-0.2, -0.15) is 13.2 Å². The lowest BCUT2D eigenvalue weighted by molar-refractivity contribution is -0.136. The van der Waals surface area contributed by atoms with E-state index in [9.17, 15) is 13.2 Å². The van der Waals surface area contributed by atoms with E-state index in [4.69, 9.17) is 5.73 Å². The summed E-state index contributed by atoms with van der Waals surface area (Å²) in [7, 11) is 0. The Morgan fingerprint density at radius 3 is 2.43 bits per heavy atom. The molecule has 1 atom stereocenters. The average Bonchev–Trinajstić information content (AvgIpc) is 1.96. The zero-order valence-electron chi connectivity index (χ0n) is 8.35. The topological polar surface area (TPSA) is 29.3 Å². The quantitative estimate of drug-likeness (QED) is 0.766. The Bertz CT molecular complexity index is 175. The fourth-order valence-electron chi connectivity index (χ4n) is 1.69. The molecule has 2 nitrogen and oxygen atoms in total. The van der Waals surface area contributed by atoms with Gasteiger partial charge in [0.05, 0.1) is 0 Å². The molecule has 14 heavy (non-hydrogen) atoms. The van der Waals surface area contributed by atoms with E-state index in [1.54, 1.807) is 0 Å². The number of hydrogen-bond donors (Lipinski definition) is 1. The number of likely N-dealkylation sites (tertiary alicyclic amines) is 1. The van der Waals surface area contributed by atoms with Crippen LogP contribution in [0.3, 0.4) is 0 Å². The Balaban J connectivity index is 2.07. The molecule has 0 radical (unpaired) electrons. The van der Waals surface area contributed by atoms with Gasteiger partial charge in [0.1, 0.15) is 0 Å². The number of halogens is 3. The lowest BCUT2D eigenvalue weighted by Crippen LogP contribution is -2.58. The maximum atomic E-state index is 11.8. The molecule has 5 heteroatoms. The Labute approximate surface area is 82.2 Å². The van der Waals surface area contributed by atoms with Gasteiger partial charge in [-0.25, -0.2) is 0 Å². The first kappa shape index (κ1) is 11.8. The molecule has 1 heterocycles. The predicted molar refractivity (Wildman–Crippen MR) is 48.9 cm³/mol. The molecule has 1 unspecified atom stereocenters. The van der Waals surface area contributed by atoms with Crippen molar-refractivity contribution in [2.45, 2.75) is 44.4 Å². The Morgan fingerprint density at radius 1 is 1.43 bits per heavy atom. The summed E-state index contributed by atoms with van der Waals surface area (Å²) in [5, 5.41) is 0. The van der Waals surface area contributed by atoms with Crippen LogP contribution in [0, 0.1) is 0 Å². The zero-order valence-corrected chi connectivity index (χ0v) is 8.35. The zero-order chi connectivity index (χ0) is 10.8. The average molecular weight is 210 g/mol. The van der Waals surface area contributed by atoms with Crippen molar-refractivity contribution in [2.75, 3.05) is 13.1 Å². The number of nitrogens with two attached hydrogens (primary N) is 1. The van der Waals surface area contributed by atoms with Gasteiger partial charge in [0.2, 0.25) is 0 Å². The highest BCUT2D eigenvalue weighted by Crippen LogP contribution is 2.24. The second kappa shape index (κ2) is 4.49. The Kier molecular flexibility index (Phi) is 3.78. The van der Waals surface area contributed by atoms with Crippen molar-refractivity contribution in [1.29, 1.82) is 0 Å². The van der Waals surface area contributed by atoms with Crippen LogP contribution in [-0.2, 0) is 0 Å². The summed E-state index contributed by atoms with van der Waals surface area (Å²) in [6.07, 6.45) is -3.86. The molecule has 2 N–H and O–H groups in total. The van der Waals surface area contributed by atoms with E-state index >= 15 is 0 Å². The summed E-state index contributed by atoms with van der Waals surface area (Å²) < 4.78 is 35.5. The minimum absolute atomic E-state index is 0.219. The molecule has 1 saturated heterocycles. The SMILES string of the molecule is CC(CCCC(F)(F)F)N1CC(N)C1. The molecule has 0 aromatic rings. The molecule has 1 aliphatic rings. The van der Waals surface area contributed by atoms with Crippen LogP contribution in [-0.4, -0.2) is 36.2 Å². The first-order valence-corrected chi connectivity index (χ1v) is 4.95. The first-order valence-electron chi connectivity index (χ1n) is 4.95. The van der Waals surface area contributed by atoms with Gasteiger partial charge in [-0.3, -0.25) is 4.90 Å². The van der Waals surface area contributed by atoms with E-state index in [2.05, 4.69) is 4.90 Å². The Morgan fingerprint density at radius 2 is 2.00 bits per heavy atom. The van der Waals surface area contributed by atoms with E-state index in [1.807, 2.05) is 6.92 Å². The molecule has 1 aliphatic heterocycles. The van der Waals surface area contributed by atoms with Crippen LogP contribution >= 0.6 is 0 Å². The van der Waals surface area contributed by atoms with Gasteiger partial charge in [0.15, 0.2) is 0 Å². The van der Waals surface area contributed by atoms with Gasteiger partial charge in [0, 0.05) is 31.6 Å². The van der Waals surface area contributed by atoms with Crippen LogP contribution in [0.4, 0.5) is 13.2 Å². The number of hydrogen-bond acceptors (Lipinski definition) is 2. The smallest absolute Gasteiger partial charge is 0.325 e. The van der Waals surface area contributed by atoms with Crippen LogP contribution in [0.1, 0.15) is 26.2 Å². The summed E-state index contributed by atoms with van der Waals surface area (Å²) in [5.41, 5.74) is 5.58. The van der Waals surface area contributed by atoms with E-state index in [0.29, 0.717) is 6.42 Å². The van der Waals surface area contributed by atoms with Crippen molar-refractivity contribution in [3.05, 3.63) is 0 Å². The maximum Gasteiger partial charge on any atom is 0.389 e. The predicted octanol–water partition coefficient (Wildman–Crippen LogP) is 1.75. The van der Waals surface area contributed by atoms with Gasteiger partial charge in [-0.05, 0) is 19.8 Å². The third kappa shape index (κ3) is 3.84. The highest BCUT2D eigenvalue weighted by molar-refractivity contribution is 4.86. The molecular formula is C9H17F3N2. The highest BCUT2D eigenvalue weighted by atomic mass is 19.4. The molecule has 0 aliphatic carbocycles. The molecule has 1 fully saturated rings. The van der Waals surface area contributed by atoms with Crippen LogP contribution < -0.4 is 5.73 Å². The van der Waals surface area contributed by atoms with Gasteiger partial charge in [-0.1, -0.05) is 0 Å². The van der Waals surface area contributed by atoms with Gasteiger partial charge in [0.25, 0.3) is 0 Å². The van der Waals surface area contributed by atoms with Crippen molar-refractivity contribution in [2.24, 2.45) is 5.73 Å². The van der Waals surface area contributed by atoms with Crippen LogP contribution in [0.5, 0.6) is 0 Å². The second-order valence-corrected chi connectivity index (χ2v) is 4.07. The van der Waals surface area contributed by atoms with E-state index < -0.39 is 12.6 Å². The molecule has 0 amide bonds. The number of alkyl halides is 3. The van der Waals surface area contributed by atoms with Crippen LogP contribution in [0.25, 0.3) is 0 Å². The first-order chi connectivity index (χ1) is 6.38. The third-order valence-corrected chi connectivity index (χ3v) is 2.64. The monoisotopic (exact) mass is 210 g/mol. The summed E-state index contributed by atoms with van der Waals surface area (Å²) in [6, 6.07) is 0.456. The van der Waals surface area contributed by atoms with Gasteiger partial charge < -0.3 is 5.73 Å². The summed E-state index contributed by atoms with van der Waals surface area (Å²) in [6.45, 7) is 3.61. The molecule has 0 aromatic heterocycles. The summed E-state index contributed by atoms with van der Waals surface area (Å²) in [5.74, 6) is 0. The van der Waals surface area contributed by atoms with Gasteiger partial charge in [-0.15, -0.1) is 0 Å². The van der Waals surface area contributed by atoms with E-state index in [-0.39, 0.29) is 18.5 Å². The fourth-order valence-corrected chi connectivity index (χ4v) is 1.69. The second-order valence-electron chi connectivity index (χ2n) is 4.07. The molecule has 0 saturated carbocycles. The summed E-state index contributed by atoms with van der Waals surface area (Å²) in [4.78, 5) is 2.13. The molecule has 84 valence electrons. The van der Waals surface area contributed by atoms with Crippen molar-refractivity contribution >= 4 is 0 Å². The van der Waals surface area contributed by atoms with E-state index in [0.717, 1.165) is 13.1 Å². The number of nitrogens with zero attached hydrogens (tertiary/aromatic N) is 1. The van der Waals surface area contributed by atoms with Crippen LogP contribution in [0.2, 0.25) is 0 Å². The normalized spacial score (nSPS) is 22.1. The molecule has 0 bridgehead atoms. The lowest BCUT2D eigenvalue weighted by atomic mass is 10.0. The van der Waals surface area contributed by atoms with E-state index in [1.165, 1.54) is 0 Å². The summed E-state index contributed by atoms with van der Waals surface area (Å²) >= 11 is 0. The fraction of sp³-hybridized carbons (Fsp3) is 1.00.